The van der Waals surface area contributed by atoms with Crippen LogP contribution in [0.2, 0.25) is 0 Å². The fourth-order valence-corrected chi connectivity index (χ4v) is 1.27. The van der Waals surface area contributed by atoms with E-state index in [0.29, 0.717) is 10.2 Å². The van der Waals surface area contributed by atoms with Crippen LogP contribution in [0.25, 0.3) is 0 Å². The monoisotopic (exact) mass is 248 g/mol. The van der Waals surface area contributed by atoms with Gasteiger partial charge in [0.15, 0.2) is 0 Å². The Hall–Kier alpha value is -0.610. The Kier molecular flexibility index (Phi) is 3.69. The Balaban J connectivity index is 2.67. The van der Waals surface area contributed by atoms with Crippen LogP contribution < -0.4 is 4.74 Å². The molecule has 0 aromatic heterocycles. The molecule has 1 N–H and O–H groups in total. The predicted octanol–water partition coefficient (Wildman–Crippen LogP) is 2.35. The first-order chi connectivity index (χ1) is 6.09. The molecule has 0 fully saturated rings. The molecule has 0 saturated carbocycles. The molecule has 1 rings (SSSR count). The largest absolute Gasteiger partial charge is 0.490 e. The summed E-state index contributed by atoms with van der Waals surface area (Å²) in [5, 5.41) is 8.94. The van der Waals surface area contributed by atoms with Gasteiger partial charge in [0.2, 0.25) is 0 Å². The lowest BCUT2D eigenvalue weighted by Crippen LogP contribution is -2.12. The van der Waals surface area contributed by atoms with Gasteiger partial charge in [0.1, 0.15) is 18.2 Å². The lowest BCUT2D eigenvalue weighted by atomic mass is 10.3. The fourth-order valence-electron chi connectivity index (χ4n) is 0.803. The normalized spacial score (nSPS) is 12.6. The van der Waals surface area contributed by atoms with Crippen molar-refractivity contribution in [1.82, 2.24) is 0 Å². The van der Waals surface area contributed by atoms with Gasteiger partial charge in [0.25, 0.3) is 0 Å². The van der Waals surface area contributed by atoms with Crippen LogP contribution in [0.3, 0.4) is 0 Å². The molecule has 0 bridgehead atoms. The summed E-state index contributed by atoms with van der Waals surface area (Å²) in [6.07, 6.45) is -0.531. The minimum atomic E-state index is -0.531. The molecule has 0 aliphatic carbocycles. The average molecular weight is 249 g/mol. The summed E-state index contributed by atoms with van der Waals surface area (Å²) in [4.78, 5) is 0. The van der Waals surface area contributed by atoms with Gasteiger partial charge in [-0.05, 0) is 41.1 Å². The van der Waals surface area contributed by atoms with Gasteiger partial charge in [-0.25, -0.2) is 4.39 Å². The van der Waals surface area contributed by atoms with E-state index in [9.17, 15) is 4.39 Å². The SMILES string of the molecule is C[C@@H](O)COc1ccc(F)cc1Br. The third kappa shape index (κ3) is 3.32. The molecule has 0 amide bonds. The second-order valence-electron chi connectivity index (χ2n) is 2.73. The molecular weight excluding hydrogens is 239 g/mol. The second-order valence-corrected chi connectivity index (χ2v) is 3.59. The average Bonchev–Trinajstić information content (AvgIpc) is 2.02. The minimum Gasteiger partial charge on any atom is -0.490 e. The van der Waals surface area contributed by atoms with Crippen molar-refractivity contribution in [2.45, 2.75) is 13.0 Å². The van der Waals surface area contributed by atoms with Crippen molar-refractivity contribution in [1.29, 1.82) is 0 Å². The molecule has 0 aliphatic rings. The van der Waals surface area contributed by atoms with Crippen molar-refractivity contribution in [3.63, 3.8) is 0 Å². The van der Waals surface area contributed by atoms with Crippen LogP contribution in [0, 0.1) is 5.82 Å². The summed E-state index contributed by atoms with van der Waals surface area (Å²) in [5.41, 5.74) is 0. The van der Waals surface area contributed by atoms with Gasteiger partial charge in [-0.15, -0.1) is 0 Å². The molecule has 13 heavy (non-hydrogen) atoms. The number of aliphatic hydroxyl groups excluding tert-OH is 1. The molecule has 0 unspecified atom stereocenters. The van der Waals surface area contributed by atoms with Crippen LogP contribution >= 0.6 is 15.9 Å². The molecule has 0 heterocycles. The summed E-state index contributed by atoms with van der Waals surface area (Å²) < 4.78 is 18.4. The Bertz CT molecular complexity index is 289. The predicted molar refractivity (Wildman–Crippen MR) is 51.3 cm³/mol. The zero-order chi connectivity index (χ0) is 9.84. The number of aliphatic hydroxyl groups is 1. The van der Waals surface area contributed by atoms with E-state index in [4.69, 9.17) is 9.84 Å². The topological polar surface area (TPSA) is 29.5 Å². The summed E-state index contributed by atoms with van der Waals surface area (Å²) in [6.45, 7) is 1.82. The molecule has 72 valence electrons. The fraction of sp³-hybridized carbons (Fsp3) is 0.333. The van der Waals surface area contributed by atoms with Crippen LogP contribution in [-0.4, -0.2) is 17.8 Å². The number of hydrogen-bond donors (Lipinski definition) is 1. The molecule has 0 spiro atoms. The van der Waals surface area contributed by atoms with Gasteiger partial charge < -0.3 is 9.84 Å². The molecule has 0 saturated heterocycles. The van der Waals surface area contributed by atoms with Crippen molar-refractivity contribution < 1.29 is 14.2 Å². The number of hydrogen-bond acceptors (Lipinski definition) is 2. The van der Waals surface area contributed by atoms with Gasteiger partial charge in [-0.3, -0.25) is 0 Å². The number of benzene rings is 1. The third-order valence-corrected chi connectivity index (χ3v) is 1.99. The van der Waals surface area contributed by atoms with Crippen LogP contribution in [0.5, 0.6) is 5.75 Å². The van der Waals surface area contributed by atoms with E-state index in [-0.39, 0.29) is 12.4 Å². The van der Waals surface area contributed by atoms with Crippen LogP contribution in [-0.2, 0) is 0 Å². The molecule has 4 heteroatoms. The Morgan fingerprint density at radius 1 is 1.62 bits per heavy atom. The second kappa shape index (κ2) is 4.58. The minimum absolute atomic E-state index is 0.199. The van der Waals surface area contributed by atoms with Gasteiger partial charge in [0.05, 0.1) is 10.6 Å². The highest BCUT2D eigenvalue weighted by molar-refractivity contribution is 9.10. The van der Waals surface area contributed by atoms with E-state index in [2.05, 4.69) is 15.9 Å². The first-order valence-corrected chi connectivity index (χ1v) is 4.65. The first kappa shape index (κ1) is 10.5. The molecule has 2 nitrogen and oxygen atoms in total. The first-order valence-electron chi connectivity index (χ1n) is 3.85. The molecule has 0 radical (unpaired) electrons. The van der Waals surface area contributed by atoms with E-state index in [0.717, 1.165) is 0 Å². The maximum atomic E-state index is 12.6. The van der Waals surface area contributed by atoms with Crippen LogP contribution in [0.1, 0.15) is 6.92 Å². The summed E-state index contributed by atoms with van der Waals surface area (Å²) in [7, 11) is 0. The van der Waals surface area contributed by atoms with Gasteiger partial charge in [-0.2, -0.15) is 0 Å². The molecular formula is C9H10BrFO2. The standard InChI is InChI=1S/C9H10BrFO2/c1-6(12)5-13-9-3-2-7(11)4-8(9)10/h2-4,6,12H,5H2,1H3/t6-/m1/s1. The zero-order valence-electron chi connectivity index (χ0n) is 7.13. The highest BCUT2D eigenvalue weighted by Crippen LogP contribution is 2.25. The summed E-state index contributed by atoms with van der Waals surface area (Å²) in [5.74, 6) is 0.207. The number of ether oxygens (including phenoxy) is 1. The van der Waals surface area contributed by atoms with E-state index in [1.807, 2.05) is 0 Å². The molecule has 1 atom stereocenters. The maximum absolute atomic E-state index is 12.6. The van der Waals surface area contributed by atoms with E-state index in [1.165, 1.54) is 18.2 Å². The quantitative estimate of drug-likeness (QED) is 0.890. The highest BCUT2D eigenvalue weighted by Gasteiger charge is 2.03. The van der Waals surface area contributed by atoms with Gasteiger partial charge >= 0.3 is 0 Å². The Morgan fingerprint density at radius 3 is 2.85 bits per heavy atom. The maximum Gasteiger partial charge on any atom is 0.133 e. The lowest BCUT2D eigenvalue weighted by Gasteiger charge is -2.09. The Morgan fingerprint density at radius 2 is 2.31 bits per heavy atom. The van der Waals surface area contributed by atoms with Crippen molar-refractivity contribution in [3.05, 3.63) is 28.5 Å². The Labute approximate surface area is 84.5 Å². The summed E-state index contributed by atoms with van der Waals surface area (Å²) in [6, 6.07) is 4.14. The van der Waals surface area contributed by atoms with Crippen molar-refractivity contribution in [2.75, 3.05) is 6.61 Å². The zero-order valence-corrected chi connectivity index (χ0v) is 8.71. The van der Waals surface area contributed by atoms with Gasteiger partial charge in [0, 0.05) is 0 Å². The summed E-state index contributed by atoms with van der Waals surface area (Å²) >= 11 is 3.15. The molecule has 0 aliphatic heterocycles. The van der Waals surface area contributed by atoms with Crippen LogP contribution in [0.4, 0.5) is 4.39 Å². The van der Waals surface area contributed by atoms with Crippen molar-refractivity contribution in [3.8, 4) is 5.75 Å². The van der Waals surface area contributed by atoms with E-state index >= 15 is 0 Å². The molecule has 1 aromatic carbocycles. The number of halogens is 2. The third-order valence-electron chi connectivity index (χ3n) is 1.37. The molecule has 1 aromatic rings. The van der Waals surface area contributed by atoms with E-state index < -0.39 is 6.10 Å². The van der Waals surface area contributed by atoms with Crippen molar-refractivity contribution >= 4 is 15.9 Å². The van der Waals surface area contributed by atoms with Crippen molar-refractivity contribution in [2.24, 2.45) is 0 Å². The highest BCUT2D eigenvalue weighted by atomic mass is 79.9. The van der Waals surface area contributed by atoms with Gasteiger partial charge in [-0.1, -0.05) is 0 Å². The van der Waals surface area contributed by atoms with Crippen LogP contribution in [0.15, 0.2) is 22.7 Å². The smallest absolute Gasteiger partial charge is 0.133 e. The lowest BCUT2D eigenvalue weighted by molar-refractivity contribution is 0.122. The van der Waals surface area contributed by atoms with E-state index in [1.54, 1.807) is 6.92 Å². The number of rotatable bonds is 3.